The molecule has 23 heavy (non-hydrogen) atoms. The second kappa shape index (κ2) is 7.05. The Morgan fingerprint density at radius 3 is 2.87 bits per heavy atom. The fourth-order valence-corrected chi connectivity index (χ4v) is 3.37. The van der Waals surface area contributed by atoms with Gasteiger partial charge in [-0.3, -0.25) is 9.78 Å². The summed E-state index contributed by atoms with van der Waals surface area (Å²) in [7, 11) is 0. The molecule has 0 unspecified atom stereocenters. The standard InChI is InChI=1S/C13H16ClN7OS/c1-8-11(22)17-12(20-18-8)19-15-7-9-10(14)16-13(23-9)21-5-3-2-4-6-21/h7H,2-6H2,1H3,(H2,17,19,20,22)/b15-7-. The van der Waals surface area contributed by atoms with Crippen molar-refractivity contribution < 1.29 is 0 Å². The highest BCUT2D eigenvalue weighted by atomic mass is 35.5. The molecule has 1 aliphatic heterocycles. The number of nitrogens with one attached hydrogen (secondary N) is 2. The van der Waals surface area contributed by atoms with Gasteiger partial charge in [0.1, 0.15) is 5.69 Å². The molecule has 2 aromatic heterocycles. The maximum absolute atomic E-state index is 11.4. The number of rotatable bonds is 4. The van der Waals surface area contributed by atoms with Gasteiger partial charge in [0.25, 0.3) is 5.56 Å². The molecule has 0 amide bonds. The van der Waals surface area contributed by atoms with Gasteiger partial charge in [-0.25, -0.2) is 10.4 Å². The predicted octanol–water partition coefficient (Wildman–Crippen LogP) is 2.02. The summed E-state index contributed by atoms with van der Waals surface area (Å²) < 4.78 is 0. The van der Waals surface area contributed by atoms with Crippen molar-refractivity contribution in [3.8, 4) is 0 Å². The van der Waals surface area contributed by atoms with Crippen molar-refractivity contribution in [2.75, 3.05) is 23.4 Å². The number of aryl methyl sites for hydroxylation is 1. The molecule has 1 fully saturated rings. The lowest BCUT2D eigenvalue weighted by molar-refractivity contribution is 0.577. The summed E-state index contributed by atoms with van der Waals surface area (Å²) in [4.78, 5) is 21.3. The Morgan fingerprint density at radius 1 is 1.35 bits per heavy atom. The van der Waals surface area contributed by atoms with Gasteiger partial charge in [0.15, 0.2) is 10.3 Å². The number of thiazole rings is 1. The lowest BCUT2D eigenvalue weighted by atomic mass is 10.1. The van der Waals surface area contributed by atoms with Crippen molar-refractivity contribution in [3.63, 3.8) is 0 Å². The van der Waals surface area contributed by atoms with Gasteiger partial charge in [0.2, 0.25) is 5.95 Å². The van der Waals surface area contributed by atoms with E-state index in [0.29, 0.717) is 10.8 Å². The van der Waals surface area contributed by atoms with Crippen LogP contribution < -0.4 is 15.9 Å². The predicted molar refractivity (Wildman–Crippen MR) is 91.8 cm³/mol. The summed E-state index contributed by atoms with van der Waals surface area (Å²) in [6, 6.07) is 0. The van der Waals surface area contributed by atoms with E-state index >= 15 is 0 Å². The molecule has 122 valence electrons. The number of hydrazone groups is 1. The second-order valence-corrected chi connectivity index (χ2v) is 6.52. The Bertz CT molecular complexity index is 766. The lowest BCUT2D eigenvalue weighted by Crippen LogP contribution is -2.29. The van der Waals surface area contributed by atoms with Crippen LogP contribution in [-0.4, -0.2) is 39.5 Å². The van der Waals surface area contributed by atoms with E-state index in [1.54, 1.807) is 13.1 Å². The quantitative estimate of drug-likeness (QED) is 0.644. The monoisotopic (exact) mass is 353 g/mol. The minimum Gasteiger partial charge on any atom is -0.348 e. The van der Waals surface area contributed by atoms with Gasteiger partial charge in [0, 0.05) is 13.1 Å². The highest BCUT2D eigenvalue weighted by Crippen LogP contribution is 2.30. The SMILES string of the molecule is Cc1nnc(N/N=C\c2sc(N3CCCCC3)nc2Cl)[nH]c1=O. The molecule has 2 N–H and O–H groups in total. The maximum atomic E-state index is 11.4. The summed E-state index contributed by atoms with van der Waals surface area (Å²) in [5, 5.41) is 12.9. The fourth-order valence-electron chi connectivity index (χ4n) is 2.20. The van der Waals surface area contributed by atoms with E-state index < -0.39 is 0 Å². The molecule has 0 atom stereocenters. The number of halogens is 1. The van der Waals surface area contributed by atoms with Crippen LogP contribution in [0.3, 0.4) is 0 Å². The average molecular weight is 354 g/mol. The number of nitrogens with zero attached hydrogens (tertiary/aromatic N) is 5. The van der Waals surface area contributed by atoms with E-state index in [2.05, 4.69) is 35.6 Å². The Labute approximate surface area is 141 Å². The Kier molecular flexibility index (Phi) is 4.87. The van der Waals surface area contributed by atoms with Crippen LogP contribution >= 0.6 is 22.9 Å². The van der Waals surface area contributed by atoms with Gasteiger partial charge >= 0.3 is 0 Å². The van der Waals surface area contributed by atoms with Gasteiger partial charge in [-0.15, -0.1) is 10.2 Å². The maximum Gasteiger partial charge on any atom is 0.274 e. The first-order valence-electron chi connectivity index (χ1n) is 7.27. The molecule has 10 heteroatoms. The average Bonchev–Trinajstić information content (AvgIpc) is 2.93. The largest absolute Gasteiger partial charge is 0.348 e. The molecule has 0 aliphatic carbocycles. The molecule has 0 saturated carbocycles. The van der Waals surface area contributed by atoms with Crippen LogP contribution in [0.15, 0.2) is 9.90 Å². The van der Waals surface area contributed by atoms with Crippen LogP contribution in [0.5, 0.6) is 0 Å². The molecule has 1 saturated heterocycles. The molecular weight excluding hydrogens is 338 g/mol. The van der Waals surface area contributed by atoms with Crippen molar-refractivity contribution in [1.82, 2.24) is 20.2 Å². The lowest BCUT2D eigenvalue weighted by Gasteiger charge is -2.25. The molecule has 0 aromatic carbocycles. The van der Waals surface area contributed by atoms with Crippen LogP contribution in [0.4, 0.5) is 11.1 Å². The second-order valence-electron chi connectivity index (χ2n) is 5.16. The summed E-state index contributed by atoms with van der Waals surface area (Å²) in [5.41, 5.74) is 2.62. The molecular formula is C13H16ClN7OS. The van der Waals surface area contributed by atoms with Gasteiger partial charge in [-0.2, -0.15) is 5.10 Å². The highest BCUT2D eigenvalue weighted by molar-refractivity contribution is 7.17. The van der Waals surface area contributed by atoms with Crippen LogP contribution in [0.25, 0.3) is 0 Å². The normalized spacial score (nSPS) is 15.3. The molecule has 1 aliphatic rings. The number of H-pyrrole nitrogens is 1. The molecule has 2 aromatic rings. The summed E-state index contributed by atoms with van der Waals surface area (Å²) in [5.74, 6) is 0.175. The molecule has 3 rings (SSSR count). The van der Waals surface area contributed by atoms with Crippen molar-refractivity contribution in [3.05, 3.63) is 26.1 Å². The topological polar surface area (TPSA) is 99.2 Å². The Hall–Kier alpha value is -2.00. The van der Waals surface area contributed by atoms with Crippen molar-refractivity contribution in [1.29, 1.82) is 0 Å². The number of anilines is 2. The van der Waals surface area contributed by atoms with E-state index in [4.69, 9.17) is 11.6 Å². The minimum absolute atomic E-state index is 0.175. The zero-order valence-corrected chi connectivity index (χ0v) is 14.1. The Morgan fingerprint density at radius 2 is 2.13 bits per heavy atom. The third-order valence-electron chi connectivity index (χ3n) is 3.44. The van der Waals surface area contributed by atoms with Crippen molar-refractivity contribution in [2.24, 2.45) is 5.10 Å². The smallest absolute Gasteiger partial charge is 0.274 e. The summed E-state index contributed by atoms with van der Waals surface area (Å²) in [6.07, 6.45) is 5.19. The first kappa shape index (κ1) is 15.9. The molecule has 0 radical (unpaired) electrons. The first-order valence-corrected chi connectivity index (χ1v) is 8.47. The Balaban J connectivity index is 1.68. The van der Waals surface area contributed by atoms with Crippen molar-refractivity contribution >= 4 is 40.2 Å². The molecule has 3 heterocycles. The molecule has 0 spiro atoms. The summed E-state index contributed by atoms with van der Waals surface area (Å²) >= 11 is 7.65. The highest BCUT2D eigenvalue weighted by Gasteiger charge is 2.16. The van der Waals surface area contributed by atoms with Gasteiger partial charge < -0.3 is 4.90 Å². The number of hydrogen-bond acceptors (Lipinski definition) is 8. The van der Waals surface area contributed by atoms with Gasteiger partial charge in [-0.1, -0.05) is 22.9 Å². The fraction of sp³-hybridized carbons (Fsp3) is 0.462. The van der Waals surface area contributed by atoms with E-state index in [-0.39, 0.29) is 11.5 Å². The van der Waals surface area contributed by atoms with E-state index in [9.17, 15) is 4.79 Å². The van der Waals surface area contributed by atoms with Crippen LogP contribution in [0.2, 0.25) is 5.15 Å². The van der Waals surface area contributed by atoms with Crippen LogP contribution in [-0.2, 0) is 0 Å². The third-order valence-corrected chi connectivity index (χ3v) is 4.89. The number of hydrogen-bond donors (Lipinski definition) is 2. The number of aromatic amines is 1. The van der Waals surface area contributed by atoms with E-state index in [1.165, 1.54) is 30.6 Å². The number of piperidine rings is 1. The van der Waals surface area contributed by atoms with E-state index in [0.717, 1.165) is 23.1 Å². The van der Waals surface area contributed by atoms with Crippen LogP contribution in [0, 0.1) is 6.92 Å². The number of aromatic nitrogens is 4. The third kappa shape index (κ3) is 3.85. The van der Waals surface area contributed by atoms with Gasteiger partial charge in [-0.05, 0) is 26.2 Å². The summed E-state index contributed by atoms with van der Waals surface area (Å²) in [6.45, 7) is 3.61. The molecule has 8 nitrogen and oxygen atoms in total. The van der Waals surface area contributed by atoms with Crippen molar-refractivity contribution in [2.45, 2.75) is 26.2 Å². The first-order chi connectivity index (χ1) is 11.1. The minimum atomic E-state index is -0.305. The van der Waals surface area contributed by atoms with Crippen LogP contribution in [0.1, 0.15) is 29.8 Å². The zero-order chi connectivity index (χ0) is 16.2. The molecule has 0 bridgehead atoms. The van der Waals surface area contributed by atoms with Gasteiger partial charge in [0.05, 0.1) is 11.1 Å². The zero-order valence-electron chi connectivity index (χ0n) is 12.5. The van der Waals surface area contributed by atoms with E-state index in [1.807, 2.05) is 0 Å².